The lowest BCUT2D eigenvalue weighted by molar-refractivity contribution is -0.138. The van der Waals surface area contributed by atoms with Gasteiger partial charge in [-0.2, -0.15) is 0 Å². The lowest BCUT2D eigenvalue weighted by atomic mass is 9.91. The number of likely N-dealkylation sites (tertiary alicyclic amines) is 1. The Balaban J connectivity index is 1.07. The summed E-state index contributed by atoms with van der Waals surface area (Å²) in [5.41, 5.74) is 5.46. The first-order valence-corrected chi connectivity index (χ1v) is 20.6. The summed E-state index contributed by atoms with van der Waals surface area (Å²) in [5, 5.41) is 12.7. The van der Waals surface area contributed by atoms with Gasteiger partial charge in [0, 0.05) is 24.2 Å². The van der Waals surface area contributed by atoms with E-state index in [2.05, 4.69) is 28.2 Å². The number of anilines is 2. The van der Waals surface area contributed by atoms with Crippen molar-refractivity contribution in [3.63, 3.8) is 0 Å². The van der Waals surface area contributed by atoms with E-state index in [9.17, 15) is 14.4 Å². The molecule has 1 fully saturated rings. The Bertz CT molecular complexity index is 2240. The van der Waals surface area contributed by atoms with Gasteiger partial charge in [0.2, 0.25) is 0 Å². The van der Waals surface area contributed by atoms with E-state index in [1.54, 1.807) is 0 Å². The fourth-order valence-electron chi connectivity index (χ4n) is 7.80. The summed E-state index contributed by atoms with van der Waals surface area (Å²) in [5.74, 6) is 0.482. The van der Waals surface area contributed by atoms with E-state index in [1.807, 2.05) is 99.3 Å². The largest absolute Gasteiger partial charge is 0.491 e. The van der Waals surface area contributed by atoms with Gasteiger partial charge < -0.3 is 19.5 Å². The first-order valence-electron chi connectivity index (χ1n) is 19.8. The van der Waals surface area contributed by atoms with Crippen LogP contribution in [0, 0.1) is 12.8 Å². The molecular formula is C45H51N5O6S. The topological polar surface area (TPSA) is 134 Å². The summed E-state index contributed by atoms with van der Waals surface area (Å²) >= 11 is 1.45. The van der Waals surface area contributed by atoms with Crippen LogP contribution in [0.2, 0.25) is 0 Å². The molecule has 2 aliphatic rings. The Morgan fingerprint density at radius 2 is 1.74 bits per heavy atom. The van der Waals surface area contributed by atoms with Gasteiger partial charge in [0.05, 0.1) is 22.9 Å². The number of nitrogens with zero attached hydrogens (tertiary/aromatic N) is 4. The molecule has 1 amide bonds. The molecule has 4 heterocycles. The molecule has 0 saturated carbocycles. The SMILES string of the molecule is Cc1cc(O[C@H](C)CCC2CCN(CC(=O)O)CC2)ccc1-c1ccc(N2CCc3cccc(C(=O)Nc4nc5ccccc5s4)c3C2)nc1C(=O)OC(C)(C)C. The molecule has 0 aliphatic carbocycles. The third kappa shape index (κ3) is 9.80. The van der Waals surface area contributed by atoms with E-state index in [4.69, 9.17) is 19.6 Å². The molecule has 0 radical (unpaired) electrons. The van der Waals surface area contributed by atoms with Crippen LogP contribution in [0.15, 0.2) is 72.8 Å². The highest BCUT2D eigenvalue weighted by atomic mass is 32.1. The molecule has 298 valence electrons. The van der Waals surface area contributed by atoms with Crippen molar-refractivity contribution >= 4 is 50.3 Å². The predicted octanol–water partition coefficient (Wildman–Crippen LogP) is 8.78. The second-order valence-corrected chi connectivity index (χ2v) is 17.2. The molecular weight excluding hydrogens is 739 g/mol. The normalized spacial score (nSPS) is 15.6. The van der Waals surface area contributed by atoms with Gasteiger partial charge >= 0.3 is 11.9 Å². The second-order valence-electron chi connectivity index (χ2n) is 16.2. The number of aryl methyl sites for hydroxylation is 1. The molecule has 12 heteroatoms. The maximum absolute atomic E-state index is 13.8. The first-order chi connectivity index (χ1) is 27.3. The van der Waals surface area contributed by atoms with Crippen molar-refractivity contribution in [2.24, 2.45) is 5.92 Å². The maximum atomic E-state index is 13.8. The number of nitrogens with one attached hydrogen (secondary N) is 1. The minimum absolute atomic E-state index is 0.0133. The number of pyridine rings is 1. The summed E-state index contributed by atoms with van der Waals surface area (Å²) < 4.78 is 13.3. The number of hydrogen-bond donors (Lipinski definition) is 2. The predicted molar refractivity (Wildman–Crippen MR) is 224 cm³/mol. The van der Waals surface area contributed by atoms with E-state index >= 15 is 0 Å². The average Bonchev–Trinajstić information content (AvgIpc) is 3.58. The first kappa shape index (κ1) is 39.9. The number of carboxylic acids is 1. The third-order valence-corrected chi connectivity index (χ3v) is 11.7. The number of esters is 1. The highest BCUT2D eigenvalue weighted by Gasteiger charge is 2.28. The van der Waals surface area contributed by atoms with Gasteiger partial charge in [0.1, 0.15) is 17.2 Å². The van der Waals surface area contributed by atoms with E-state index in [0.717, 1.165) is 77.0 Å². The number of rotatable bonds is 12. The minimum atomic E-state index is -0.768. The van der Waals surface area contributed by atoms with Gasteiger partial charge in [-0.05, 0) is 150 Å². The lowest BCUT2D eigenvalue weighted by Crippen LogP contribution is -2.37. The fourth-order valence-corrected chi connectivity index (χ4v) is 8.66. The minimum Gasteiger partial charge on any atom is -0.491 e. The van der Waals surface area contributed by atoms with Crippen LogP contribution in [0.1, 0.15) is 90.9 Å². The number of piperidine rings is 1. The van der Waals surface area contributed by atoms with Crippen LogP contribution in [0.25, 0.3) is 21.3 Å². The van der Waals surface area contributed by atoms with E-state index in [0.29, 0.717) is 47.5 Å². The molecule has 7 rings (SSSR count). The number of amides is 1. The number of carbonyl (C=O) groups excluding carboxylic acids is 2. The maximum Gasteiger partial charge on any atom is 0.358 e. The van der Waals surface area contributed by atoms with Crippen LogP contribution in [0.3, 0.4) is 0 Å². The van der Waals surface area contributed by atoms with Gasteiger partial charge in [-0.25, -0.2) is 14.8 Å². The van der Waals surface area contributed by atoms with Crippen LogP contribution in [0.5, 0.6) is 5.75 Å². The standard InChI is InChI=1S/C45H51N5O6S/c1-28-25-32(55-29(2)13-14-30-19-22-49(23-20-30)27-40(51)52)15-16-33(28)34-17-18-39(47-41(34)43(54)56-45(3,4)5)50-24-21-31-9-8-10-35(36(31)26-50)42(53)48-44-46-37-11-6-7-12-38(37)57-44/h6-12,15-18,25,29-30H,13-14,19-24,26-27H2,1-5H3,(H,51,52)(H,46,48,53)/t29-/m1/s1. The van der Waals surface area contributed by atoms with Crippen molar-refractivity contribution in [3.05, 3.63) is 101 Å². The molecule has 1 atom stereocenters. The Labute approximate surface area is 338 Å². The van der Waals surface area contributed by atoms with E-state index < -0.39 is 17.5 Å². The Morgan fingerprint density at radius 3 is 2.47 bits per heavy atom. The number of hydrogen-bond acceptors (Lipinski definition) is 10. The number of benzene rings is 3. The van der Waals surface area contributed by atoms with Crippen molar-refractivity contribution in [3.8, 4) is 16.9 Å². The highest BCUT2D eigenvalue weighted by Crippen LogP contribution is 2.35. The monoisotopic (exact) mass is 789 g/mol. The molecule has 5 aromatic rings. The summed E-state index contributed by atoms with van der Waals surface area (Å²) in [4.78, 5) is 52.3. The summed E-state index contributed by atoms with van der Waals surface area (Å²) in [7, 11) is 0. The summed E-state index contributed by atoms with van der Waals surface area (Å²) in [6.07, 6.45) is 4.70. The number of aliphatic carboxylic acids is 1. The average molecular weight is 790 g/mol. The van der Waals surface area contributed by atoms with Crippen molar-refractivity contribution in [2.45, 2.75) is 85.0 Å². The van der Waals surface area contributed by atoms with Gasteiger partial charge in [0.15, 0.2) is 10.8 Å². The fraction of sp³-hybridized carbons (Fsp3) is 0.400. The Morgan fingerprint density at radius 1 is 0.965 bits per heavy atom. The van der Waals surface area contributed by atoms with Crippen LogP contribution >= 0.6 is 11.3 Å². The second kappa shape index (κ2) is 17.0. The highest BCUT2D eigenvalue weighted by molar-refractivity contribution is 7.22. The molecule has 2 aromatic heterocycles. The van der Waals surface area contributed by atoms with Gasteiger partial charge in [-0.15, -0.1) is 0 Å². The number of para-hydroxylation sites is 1. The zero-order chi connectivity index (χ0) is 40.3. The van der Waals surface area contributed by atoms with E-state index in [1.165, 1.54) is 11.3 Å². The van der Waals surface area contributed by atoms with Crippen LogP contribution < -0.4 is 15.0 Å². The van der Waals surface area contributed by atoms with Gasteiger partial charge in [-0.3, -0.25) is 19.8 Å². The number of carbonyl (C=O) groups is 3. The molecule has 2 aliphatic heterocycles. The zero-order valence-corrected chi connectivity index (χ0v) is 34.2. The number of carboxylic acid groups (broad SMARTS) is 1. The van der Waals surface area contributed by atoms with Crippen molar-refractivity contribution in [2.75, 3.05) is 36.4 Å². The quantitative estimate of drug-likeness (QED) is 0.118. The van der Waals surface area contributed by atoms with Crippen LogP contribution in [-0.2, 0) is 22.5 Å². The molecule has 1 saturated heterocycles. The molecule has 2 N–H and O–H groups in total. The Hall–Kier alpha value is -5.33. The van der Waals surface area contributed by atoms with E-state index in [-0.39, 0.29) is 24.2 Å². The number of thiazole rings is 1. The number of aromatic nitrogens is 2. The zero-order valence-electron chi connectivity index (χ0n) is 33.3. The molecule has 11 nitrogen and oxygen atoms in total. The lowest BCUT2D eigenvalue weighted by Gasteiger charge is -2.31. The smallest absolute Gasteiger partial charge is 0.358 e. The molecule has 0 spiro atoms. The summed E-state index contributed by atoms with van der Waals surface area (Å²) in [6, 6.07) is 23.5. The van der Waals surface area contributed by atoms with Gasteiger partial charge in [-0.1, -0.05) is 41.7 Å². The molecule has 0 unspecified atom stereocenters. The third-order valence-electron chi connectivity index (χ3n) is 10.7. The number of fused-ring (bicyclic) bond motifs is 2. The van der Waals surface area contributed by atoms with Crippen molar-refractivity contribution in [1.29, 1.82) is 0 Å². The van der Waals surface area contributed by atoms with Crippen LogP contribution in [0.4, 0.5) is 10.9 Å². The van der Waals surface area contributed by atoms with Crippen molar-refractivity contribution < 1.29 is 29.0 Å². The molecule has 57 heavy (non-hydrogen) atoms. The number of ether oxygens (including phenoxy) is 2. The Kier molecular flexibility index (Phi) is 11.9. The van der Waals surface area contributed by atoms with Crippen LogP contribution in [-0.4, -0.2) is 75.7 Å². The van der Waals surface area contributed by atoms with Gasteiger partial charge in [0.25, 0.3) is 5.91 Å². The summed E-state index contributed by atoms with van der Waals surface area (Å²) in [6.45, 7) is 12.5. The molecule has 3 aromatic carbocycles. The molecule has 0 bridgehead atoms. The van der Waals surface area contributed by atoms with Crippen molar-refractivity contribution in [1.82, 2.24) is 14.9 Å².